The molecule has 1 amide bonds. The van der Waals surface area contributed by atoms with Crippen LogP contribution in [0.2, 0.25) is 10.0 Å². The summed E-state index contributed by atoms with van der Waals surface area (Å²) < 4.78 is 27.2. The Morgan fingerprint density at radius 2 is 1.77 bits per heavy atom. The third kappa shape index (κ3) is 6.23. The van der Waals surface area contributed by atoms with Gasteiger partial charge in [0.15, 0.2) is 0 Å². The molecule has 178 valence electrons. The molecule has 0 unspecified atom stereocenters. The molecular formula is C25H19Cl2F2N5O. The lowest BCUT2D eigenvalue weighted by atomic mass is 10.1. The predicted molar refractivity (Wildman–Crippen MR) is 134 cm³/mol. The number of hydrogen-bond acceptors (Lipinski definition) is 2. The van der Waals surface area contributed by atoms with Gasteiger partial charge in [0.05, 0.1) is 10.7 Å². The van der Waals surface area contributed by atoms with Gasteiger partial charge in [-0.1, -0.05) is 59.1 Å². The van der Waals surface area contributed by atoms with E-state index in [2.05, 4.69) is 25.8 Å². The molecule has 3 aromatic carbocycles. The molecule has 0 saturated carbocycles. The average molecular weight is 514 g/mol. The van der Waals surface area contributed by atoms with Crippen LogP contribution in [0.4, 0.5) is 14.6 Å². The Labute approximate surface area is 210 Å². The zero-order chi connectivity index (χ0) is 24.9. The molecular weight excluding hydrogens is 495 g/mol. The van der Waals surface area contributed by atoms with E-state index >= 15 is 0 Å². The molecule has 35 heavy (non-hydrogen) atoms. The lowest BCUT2D eigenvalue weighted by Gasteiger charge is -2.12. The van der Waals surface area contributed by atoms with Crippen molar-refractivity contribution in [2.75, 3.05) is 5.32 Å². The SMILES string of the molecule is Cc1ccc(-c2cc(N/C(=N\C(=O)c3ccc(Cl)c(F)c3)NCc3ccc(F)cc3Cl)[nH]n2)cc1. The van der Waals surface area contributed by atoms with Crippen molar-refractivity contribution >= 4 is 40.9 Å². The zero-order valence-electron chi connectivity index (χ0n) is 18.4. The summed E-state index contributed by atoms with van der Waals surface area (Å²) in [5.74, 6) is -1.41. The standard InChI is InChI=1S/C25H19Cl2F2N5O/c1-14-2-4-15(5-3-14)22-12-23(34-33-22)31-25(30-13-17-6-8-18(28)11-20(17)27)32-24(35)16-7-9-19(26)21(29)10-16/h2-12H,13H2,1H3,(H3,30,31,32,33,34,35). The van der Waals surface area contributed by atoms with Gasteiger partial charge in [-0.05, 0) is 42.8 Å². The number of hydrogen-bond donors (Lipinski definition) is 3. The molecule has 3 N–H and O–H groups in total. The van der Waals surface area contributed by atoms with E-state index in [1.807, 2.05) is 31.2 Å². The number of anilines is 1. The van der Waals surface area contributed by atoms with Crippen molar-refractivity contribution in [1.29, 1.82) is 0 Å². The first-order valence-corrected chi connectivity index (χ1v) is 11.2. The van der Waals surface area contributed by atoms with Gasteiger partial charge < -0.3 is 10.6 Å². The number of nitrogens with zero attached hydrogens (tertiary/aromatic N) is 2. The summed E-state index contributed by atoms with van der Waals surface area (Å²) in [6.45, 7) is 2.12. The third-order valence-corrected chi connectivity index (χ3v) is 5.68. The minimum Gasteiger partial charge on any atom is -0.352 e. The molecule has 0 aliphatic carbocycles. The van der Waals surface area contributed by atoms with E-state index in [1.165, 1.54) is 30.3 Å². The maximum atomic E-state index is 13.8. The Bertz CT molecular complexity index is 1400. The largest absolute Gasteiger partial charge is 0.352 e. The first-order chi connectivity index (χ1) is 16.8. The fourth-order valence-electron chi connectivity index (χ4n) is 3.14. The van der Waals surface area contributed by atoms with Gasteiger partial charge in [-0.25, -0.2) is 8.78 Å². The Morgan fingerprint density at radius 3 is 2.49 bits per heavy atom. The molecule has 0 saturated heterocycles. The fraction of sp³-hybridized carbons (Fsp3) is 0.0800. The van der Waals surface area contributed by atoms with Crippen molar-refractivity contribution in [3.05, 3.63) is 105 Å². The quantitative estimate of drug-likeness (QED) is 0.214. The van der Waals surface area contributed by atoms with Crippen LogP contribution >= 0.6 is 23.2 Å². The van der Waals surface area contributed by atoms with E-state index in [0.29, 0.717) is 17.1 Å². The Balaban J connectivity index is 1.59. The summed E-state index contributed by atoms with van der Waals surface area (Å²) in [5, 5.41) is 13.2. The van der Waals surface area contributed by atoms with Crippen molar-refractivity contribution < 1.29 is 13.6 Å². The molecule has 4 aromatic rings. The topological polar surface area (TPSA) is 82.2 Å². The molecule has 0 radical (unpaired) electrons. The highest BCUT2D eigenvalue weighted by atomic mass is 35.5. The van der Waals surface area contributed by atoms with Crippen LogP contribution in [-0.2, 0) is 6.54 Å². The summed E-state index contributed by atoms with van der Waals surface area (Å²) in [6.07, 6.45) is 0. The number of rotatable bonds is 5. The molecule has 4 rings (SSSR count). The van der Waals surface area contributed by atoms with Gasteiger partial charge in [0.2, 0.25) is 5.96 Å². The average Bonchev–Trinajstić information content (AvgIpc) is 3.29. The molecule has 0 aliphatic rings. The molecule has 10 heteroatoms. The van der Waals surface area contributed by atoms with Gasteiger partial charge >= 0.3 is 0 Å². The number of carbonyl (C=O) groups excluding carboxylic acids is 1. The lowest BCUT2D eigenvalue weighted by molar-refractivity contribution is 0.100. The summed E-state index contributed by atoms with van der Waals surface area (Å²) >= 11 is 11.8. The van der Waals surface area contributed by atoms with Crippen molar-refractivity contribution in [2.45, 2.75) is 13.5 Å². The number of aryl methyl sites for hydroxylation is 1. The van der Waals surface area contributed by atoms with Crippen molar-refractivity contribution in [1.82, 2.24) is 15.5 Å². The number of aromatic amines is 1. The molecule has 0 aliphatic heterocycles. The van der Waals surface area contributed by atoms with Crippen molar-refractivity contribution in [2.24, 2.45) is 4.99 Å². The van der Waals surface area contributed by atoms with E-state index < -0.39 is 17.5 Å². The fourth-order valence-corrected chi connectivity index (χ4v) is 3.49. The van der Waals surface area contributed by atoms with E-state index in [4.69, 9.17) is 23.2 Å². The second kappa shape index (κ2) is 10.7. The third-order valence-electron chi connectivity index (χ3n) is 5.02. The predicted octanol–water partition coefficient (Wildman–Crippen LogP) is 6.37. The minimum atomic E-state index is -0.732. The number of benzene rings is 3. The number of carbonyl (C=O) groups is 1. The summed E-state index contributed by atoms with van der Waals surface area (Å²) in [7, 11) is 0. The van der Waals surface area contributed by atoms with Crippen LogP contribution in [0.1, 0.15) is 21.5 Å². The van der Waals surface area contributed by atoms with Crippen molar-refractivity contribution in [3.63, 3.8) is 0 Å². The highest BCUT2D eigenvalue weighted by Crippen LogP contribution is 2.21. The zero-order valence-corrected chi connectivity index (χ0v) is 19.9. The van der Waals surface area contributed by atoms with Crippen LogP contribution < -0.4 is 10.6 Å². The summed E-state index contributed by atoms with van der Waals surface area (Å²) in [6, 6.07) is 17.2. The van der Waals surface area contributed by atoms with Crippen LogP contribution in [0.5, 0.6) is 0 Å². The van der Waals surface area contributed by atoms with Crippen LogP contribution in [0.25, 0.3) is 11.3 Å². The number of amides is 1. The molecule has 1 heterocycles. The van der Waals surface area contributed by atoms with Gasteiger partial charge in [-0.3, -0.25) is 9.89 Å². The molecule has 1 aromatic heterocycles. The smallest absolute Gasteiger partial charge is 0.280 e. The van der Waals surface area contributed by atoms with E-state index in [9.17, 15) is 13.6 Å². The molecule has 0 fully saturated rings. The van der Waals surface area contributed by atoms with Gasteiger partial charge in [-0.2, -0.15) is 10.1 Å². The molecule has 0 spiro atoms. The Hall–Kier alpha value is -3.75. The number of nitrogens with one attached hydrogen (secondary N) is 3. The van der Waals surface area contributed by atoms with Crippen LogP contribution in [-0.4, -0.2) is 22.1 Å². The highest BCUT2D eigenvalue weighted by molar-refractivity contribution is 6.31. The molecule has 0 atom stereocenters. The first kappa shape index (κ1) is 24.4. The van der Waals surface area contributed by atoms with Gasteiger partial charge in [0.25, 0.3) is 5.91 Å². The number of H-pyrrole nitrogens is 1. The van der Waals surface area contributed by atoms with Crippen molar-refractivity contribution in [3.8, 4) is 11.3 Å². The van der Waals surface area contributed by atoms with E-state index in [0.717, 1.165) is 17.2 Å². The maximum absolute atomic E-state index is 13.8. The van der Waals surface area contributed by atoms with Gasteiger partial charge in [0.1, 0.15) is 17.5 Å². The number of aromatic nitrogens is 2. The van der Waals surface area contributed by atoms with Crippen LogP contribution in [0.3, 0.4) is 0 Å². The monoisotopic (exact) mass is 513 g/mol. The van der Waals surface area contributed by atoms with E-state index in [1.54, 1.807) is 6.07 Å². The highest BCUT2D eigenvalue weighted by Gasteiger charge is 2.13. The maximum Gasteiger partial charge on any atom is 0.280 e. The minimum absolute atomic E-state index is 0.0118. The van der Waals surface area contributed by atoms with Gasteiger partial charge in [-0.15, -0.1) is 0 Å². The Morgan fingerprint density at radius 1 is 1.00 bits per heavy atom. The second-order valence-corrected chi connectivity index (χ2v) is 8.46. The Kier molecular flexibility index (Phi) is 7.43. The molecule has 0 bridgehead atoms. The summed E-state index contributed by atoms with van der Waals surface area (Å²) in [5.41, 5.74) is 3.30. The second-order valence-electron chi connectivity index (χ2n) is 7.64. The van der Waals surface area contributed by atoms with E-state index in [-0.39, 0.29) is 28.1 Å². The lowest BCUT2D eigenvalue weighted by Crippen LogP contribution is -2.31. The van der Waals surface area contributed by atoms with Gasteiger partial charge in [0, 0.05) is 28.8 Å². The normalized spacial score (nSPS) is 11.4. The number of guanidine groups is 1. The van der Waals surface area contributed by atoms with Crippen LogP contribution in [0.15, 0.2) is 71.7 Å². The summed E-state index contributed by atoms with van der Waals surface area (Å²) in [4.78, 5) is 16.8. The number of halogens is 4. The number of aliphatic imine (C=N–C) groups is 1. The first-order valence-electron chi connectivity index (χ1n) is 10.4. The van der Waals surface area contributed by atoms with Crippen LogP contribution in [0, 0.1) is 18.6 Å². The molecule has 6 nitrogen and oxygen atoms in total.